The Balaban J connectivity index is 0.00000112. The molecule has 74 heavy (non-hydrogen) atoms. The van der Waals surface area contributed by atoms with E-state index in [9.17, 15) is 38.4 Å². The molecule has 0 spiro atoms. The molecule has 9 unspecified atom stereocenters. The lowest BCUT2D eigenvalue weighted by molar-refractivity contribution is -0.138. The van der Waals surface area contributed by atoms with Crippen molar-refractivity contribution in [2.75, 3.05) is 46.2 Å². The normalized spacial score (nSPS) is 19.8. The maximum Gasteiger partial charge on any atom is 0.252 e. The fourth-order valence-electron chi connectivity index (χ4n) is 9.15. The van der Waals surface area contributed by atoms with Gasteiger partial charge in [-0.25, -0.2) is 0 Å². The van der Waals surface area contributed by atoms with Crippen LogP contribution in [-0.4, -0.2) is 147 Å². The van der Waals surface area contributed by atoms with Crippen molar-refractivity contribution in [2.45, 2.75) is 196 Å². The van der Waals surface area contributed by atoms with Crippen LogP contribution in [0.2, 0.25) is 0 Å². The molecule has 422 valence electrons. The smallest absolute Gasteiger partial charge is 0.252 e. The number of ether oxygens (including phenoxy) is 2. The standard InChI is InChI=1S/C22H30N4O5.C21H41N3O3.C10H19NO2.C3H8/c1-3-7-21(30)26(16-28)13-6-4-5-8-20(29)23-14-18-9-11-19(12-10-18)25-22(31)17(2)24-15-27;1-9-13(4)20(17(11-3)27-8)24(7)18(25)12-22-21(26)19-15(6)14(5)16(10-2)23-19;1-8(2)10(13-3)9-5-4-6-11(9)7-12;1-3-2/h3,7,9-12,15-17H,4-6,8,13-14H2,1-2H3,(H,23,29)(H,24,27)(H,25,31);13-17,19-20,23H,9-12H2,1-8H3,(H,22,26);7-10H,4-6H2,1-3H3;3H2,1-2H3/b7-3-;;;/t17-;;;/m0.../s1. The third-order valence-corrected chi connectivity index (χ3v) is 13.9. The van der Waals surface area contributed by atoms with Crippen LogP contribution in [-0.2, 0) is 54.4 Å². The highest BCUT2D eigenvalue weighted by atomic mass is 16.5. The molecule has 2 aliphatic heterocycles. The summed E-state index contributed by atoms with van der Waals surface area (Å²) in [6.45, 7) is 26.2. The highest BCUT2D eigenvalue weighted by molar-refractivity contribution is 5.95. The number of amides is 8. The number of benzene rings is 1. The van der Waals surface area contributed by atoms with Crippen LogP contribution in [0.5, 0.6) is 0 Å². The van der Waals surface area contributed by atoms with Gasteiger partial charge in [-0.05, 0) is 99.8 Å². The van der Waals surface area contributed by atoms with Gasteiger partial charge in [0, 0.05) is 59.1 Å². The lowest BCUT2D eigenvalue weighted by Gasteiger charge is -2.37. The van der Waals surface area contributed by atoms with E-state index in [2.05, 4.69) is 95.8 Å². The van der Waals surface area contributed by atoms with Crippen molar-refractivity contribution >= 4 is 54.5 Å². The average molecular weight is 1040 g/mol. The Morgan fingerprint density at radius 1 is 0.878 bits per heavy atom. The van der Waals surface area contributed by atoms with Gasteiger partial charge in [0.25, 0.3) is 5.91 Å². The molecule has 1 aromatic rings. The number of hydrogen-bond acceptors (Lipinski definition) is 11. The molecule has 1 aromatic carbocycles. The number of nitrogens with one attached hydrogen (secondary N) is 5. The minimum Gasteiger partial charge on any atom is -0.379 e. The van der Waals surface area contributed by atoms with Crippen molar-refractivity contribution in [3.8, 4) is 0 Å². The van der Waals surface area contributed by atoms with E-state index in [1.54, 1.807) is 63.3 Å². The first-order chi connectivity index (χ1) is 35.2. The van der Waals surface area contributed by atoms with Gasteiger partial charge >= 0.3 is 0 Å². The highest BCUT2D eigenvalue weighted by Gasteiger charge is 2.40. The van der Waals surface area contributed by atoms with Crippen molar-refractivity contribution in [1.29, 1.82) is 0 Å². The van der Waals surface area contributed by atoms with Crippen molar-refractivity contribution in [2.24, 2.45) is 23.7 Å². The minimum absolute atomic E-state index is 0.00225. The molecule has 3 rings (SSSR count). The van der Waals surface area contributed by atoms with Gasteiger partial charge in [0.2, 0.25) is 42.9 Å². The second-order valence-electron chi connectivity index (χ2n) is 19.8. The molecule has 18 heteroatoms. The maximum absolute atomic E-state index is 12.8. The lowest BCUT2D eigenvalue weighted by atomic mass is 9.89. The Morgan fingerprint density at radius 2 is 1.53 bits per heavy atom. The maximum atomic E-state index is 12.8. The fourth-order valence-corrected chi connectivity index (χ4v) is 9.15. The zero-order valence-electron chi connectivity index (χ0n) is 47.9. The van der Waals surface area contributed by atoms with Crippen LogP contribution < -0.4 is 26.6 Å². The quantitative estimate of drug-likeness (QED) is 0.0341. The second kappa shape index (κ2) is 39.2. The Morgan fingerprint density at radius 3 is 2.03 bits per heavy atom. The zero-order chi connectivity index (χ0) is 56.3. The number of imide groups is 1. The average Bonchev–Trinajstić information content (AvgIpc) is 3.98. The van der Waals surface area contributed by atoms with Crippen molar-refractivity contribution in [1.82, 2.24) is 36.0 Å². The molecule has 5 N–H and O–H groups in total. The topological polar surface area (TPSA) is 225 Å². The number of nitrogens with zero attached hydrogens (tertiary/aromatic N) is 3. The van der Waals surface area contributed by atoms with Crippen molar-refractivity contribution < 1.29 is 47.8 Å². The third kappa shape index (κ3) is 24.4. The number of carbonyl (C=O) groups is 8. The number of likely N-dealkylation sites (N-methyl/N-ethyl adjacent to an activating group) is 1. The monoisotopic (exact) mass is 1040 g/mol. The van der Waals surface area contributed by atoms with Crippen molar-refractivity contribution in [3.05, 3.63) is 42.0 Å². The molecule has 0 radical (unpaired) electrons. The zero-order valence-corrected chi connectivity index (χ0v) is 47.9. The van der Waals surface area contributed by atoms with E-state index in [-0.39, 0.29) is 66.3 Å². The Bertz CT molecular complexity index is 1810. The summed E-state index contributed by atoms with van der Waals surface area (Å²) in [6, 6.07) is 6.83. The molecule has 2 heterocycles. The van der Waals surface area contributed by atoms with Gasteiger partial charge in [0.1, 0.15) is 6.04 Å². The molecule has 10 atom stereocenters. The molecule has 0 aliphatic carbocycles. The van der Waals surface area contributed by atoms with E-state index < -0.39 is 6.04 Å². The summed E-state index contributed by atoms with van der Waals surface area (Å²) < 4.78 is 11.0. The van der Waals surface area contributed by atoms with E-state index >= 15 is 0 Å². The van der Waals surface area contributed by atoms with Crippen LogP contribution in [0.15, 0.2) is 36.4 Å². The molecule has 2 aliphatic rings. The summed E-state index contributed by atoms with van der Waals surface area (Å²) in [6.07, 6.45) is 13.7. The summed E-state index contributed by atoms with van der Waals surface area (Å²) in [5.41, 5.74) is 1.48. The lowest BCUT2D eigenvalue weighted by Crippen LogP contribution is -2.53. The first-order valence-electron chi connectivity index (χ1n) is 27.1. The molecular formula is C56H98N8O10. The number of likely N-dealkylation sites (tertiary alicyclic amines) is 1. The summed E-state index contributed by atoms with van der Waals surface area (Å²) in [5.74, 6) is 0.602. The van der Waals surface area contributed by atoms with Gasteiger partial charge in [0.05, 0.1) is 36.9 Å². The van der Waals surface area contributed by atoms with E-state index in [0.29, 0.717) is 80.7 Å². The molecule has 18 nitrogen and oxygen atoms in total. The molecule has 0 aromatic heterocycles. The number of rotatable bonds is 28. The first kappa shape index (κ1) is 68.8. The predicted octanol–water partition coefficient (Wildman–Crippen LogP) is 6.62. The predicted molar refractivity (Wildman–Crippen MR) is 293 cm³/mol. The van der Waals surface area contributed by atoms with Gasteiger partial charge in [-0.15, -0.1) is 0 Å². The van der Waals surface area contributed by atoms with Crippen LogP contribution in [0.25, 0.3) is 0 Å². The van der Waals surface area contributed by atoms with Gasteiger partial charge in [-0.3, -0.25) is 43.3 Å². The molecular weight excluding hydrogens is 945 g/mol. The number of carbonyl (C=O) groups excluding carboxylic acids is 8. The summed E-state index contributed by atoms with van der Waals surface area (Å²) in [4.78, 5) is 97.6. The minimum atomic E-state index is -0.633. The van der Waals surface area contributed by atoms with Gasteiger partial charge in [0.15, 0.2) is 0 Å². The van der Waals surface area contributed by atoms with Gasteiger partial charge < -0.3 is 45.9 Å². The number of allylic oxidation sites excluding steroid dienone is 1. The van der Waals surface area contributed by atoms with E-state index in [1.165, 1.54) is 12.5 Å². The number of anilines is 1. The largest absolute Gasteiger partial charge is 0.379 e. The summed E-state index contributed by atoms with van der Waals surface area (Å²) in [7, 11) is 5.24. The van der Waals surface area contributed by atoms with Crippen LogP contribution in [0, 0.1) is 23.7 Å². The Labute approximate surface area is 445 Å². The number of methoxy groups -OCH3 is 2. The van der Waals surface area contributed by atoms with E-state index in [0.717, 1.165) is 61.9 Å². The molecule has 0 bridgehead atoms. The Hall–Kier alpha value is -5.20. The summed E-state index contributed by atoms with van der Waals surface area (Å²) in [5, 5.41) is 14.2. The SMILES string of the molecule is C/C=C\C(=O)N(C=O)CCCCCC(=O)NCc1ccc(NC(=O)[C@H](C)NC=O)cc1.CCC.CCC(C)C(C(CC)OC)N(C)C(=O)CNC(=O)C1NC(CC)C(C)C1C.COC(C(C)C)C1CCCN1C=O. The van der Waals surface area contributed by atoms with Gasteiger partial charge in [-0.2, -0.15) is 0 Å². The van der Waals surface area contributed by atoms with Crippen LogP contribution >= 0.6 is 0 Å². The van der Waals surface area contributed by atoms with Crippen LogP contribution in [0.3, 0.4) is 0 Å². The third-order valence-electron chi connectivity index (χ3n) is 13.9. The van der Waals surface area contributed by atoms with Crippen LogP contribution in [0.4, 0.5) is 5.69 Å². The van der Waals surface area contributed by atoms with Gasteiger partial charge in [-0.1, -0.05) is 107 Å². The first-order valence-corrected chi connectivity index (χ1v) is 27.1. The molecule has 2 saturated heterocycles. The number of unbranched alkanes of at least 4 members (excludes halogenated alkanes) is 2. The molecule has 8 amide bonds. The van der Waals surface area contributed by atoms with E-state index in [4.69, 9.17) is 9.47 Å². The Kier molecular flexibility index (Phi) is 36.5. The van der Waals surface area contributed by atoms with Crippen LogP contribution in [0.1, 0.15) is 153 Å². The summed E-state index contributed by atoms with van der Waals surface area (Å²) >= 11 is 0. The highest BCUT2D eigenvalue weighted by Crippen LogP contribution is 2.29. The van der Waals surface area contributed by atoms with E-state index in [1.807, 2.05) is 11.9 Å². The number of hydrogen-bond donors (Lipinski definition) is 5. The fraction of sp³-hybridized carbons (Fsp3) is 0.714. The van der Waals surface area contributed by atoms with Crippen molar-refractivity contribution in [3.63, 3.8) is 0 Å². The second-order valence-corrected chi connectivity index (χ2v) is 19.8. The molecule has 0 saturated carbocycles. The molecule has 2 fully saturated rings.